The maximum absolute atomic E-state index is 13.3. The van der Waals surface area contributed by atoms with E-state index in [9.17, 15) is 14.4 Å². The van der Waals surface area contributed by atoms with Gasteiger partial charge in [0, 0.05) is 48.5 Å². The third-order valence-electron chi connectivity index (χ3n) is 7.68. The van der Waals surface area contributed by atoms with Crippen molar-refractivity contribution in [3.63, 3.8) is 0 Å². The summed E-state index contributed by atoms with van der Waals surface area (Å²) in [6.07, 6.45) is 6.84. The highest BCUT2D eigenvalue weighted by Gasteiger charge is 2.45. The van der Waals surface area contributed by atoms with E-state index in [4.69, 9.17) is 0 Å². The molecule has 2 N–H and O–H groups in total. The van der Waals surface area contributed by atoms with Gasteiger partial charge in [-0.05, 0) is 49.9 Å². The van der Waals surface area contributed by atoms with Crippen molar-refractivity contribution in [2.24, 2.45) is 0 Å². The fraction of sp³-hybridized carbons (Fsp3) is 0.310. The number of carbonyl (C=O) groups is 3. The number of fused-ring (bicyclic) bond motifs is 1. The van der Waals surface area contributed by atoms with Gasteiger partial charge in [-0.1, -0.05) is 30.8 Å². The second-order valence-corrected chi connectivity index (χ2v) is 10.1. The van der Waals surface area contributed by atoms with Crippen LogP contribution in [0.4, 0.5) is 11.4 Å². The normalized spacial score (nSPS) is 20.1. The summed E-state index contributed by atoms with van der Waals surface area (Å²) in [4.78, 5) is 42.5. The van der Waals surface area contributed by atoms with Gasteiger partial charge in [-0.3, -0.25) is 24.0 Å². The molecular formula is C29H30N6O3. The van der Waals surface area contributed by atoms with Crippen LogP contribution in [0.2, 0.25) is 0 Å². The molecule has 194 valence electrons. The molecule has 3 aliphatic heterocycles. The largest absolute Gasteiger partial charge is 0.380 e. The minimum absolute atomic E-state index is 0.315. The van der Waals surface area contributed by atoms with Crippen molar-refractivity contribution in [2.75, 3.05) is 23.3 Å². The smallest absolute Gasteiger partial charge is 0.264 e. The maximum Gasteiger partial charge on any atom is 0.264 e. The van der Waals surface area contributed by atoms with Crippen molar-refractivity contribution in [3.8, 4) is 0 Å². The van der Waals surface area contributed by atoms with Crippen molar-refractivity contribution >= 4 is 29.1 Å². The minimum atomic E-state index is -0.827. The standard InChI is InChI=1S/C29H30N6O3/c1-19-10-11-25(27(36)32-19)35-28(37)23-8-5-9-24(26(23)29(35)38)30-16-20-17-31-34(18-20)22-12-14-33(15-13-22)21-6-3-2-4-7-21/h2-9,17-18,22,25,30H,1,10-16H2,(H,32,36). The summed E-state index contributed by atoms with van der Waals surface area (Å²) >= 11 is 0. The van der Waals surface area contributed by atoms with Gasteiger partial charge in [0.2, 0.25) is 5.91 Å². The van der Waals surface area contributed by atoms with Gasteiger partial charge in [-0.2, -0.15) is 5.10 Å². The lowest BCUT2D eigenvalue weighted by Gasteiger charge is -2.33. The number of allylic oxidation sites excluding steroid dienone is 1. The van der Waals surface area contributed by atoms with Gasteiger partial charge in [0.15, 0.2) is 0 Å². The number of aromatic nitrogens is 2. The number of carbonyl (C=O) groups excluding carboxylic acids is 3. The van der Waals surface area contributed by atoms with Crippen LogP contribution in [0.15, 0.2) is 73.2 Å². The molecular weight excluding hydrogens is 480 g/mol. The number of piperidine rings is 2. The van der Waals surface area contributed by atoms with E-state index in [1.165, 1.54) is 5.69 Å². The van der Waals surface area contributed by atoms with E-state index in [-0.39, 0.29) is 5.91 Å². The summed E-state index contributed by atoms with van der Waals surface area (Å²) in [5.41, 5.74) is 4.06. The first kappa shape index (κ1) is 24.0. The van der Waals surface area contributed by atoms with Crippen LogP contribution in [-0.2, 0) is 11.3 Å². The molecule has 2 fully saturated rings. The van der Waals surface area contributed by atoms with Gasteiger partial charge in [0.25, 0.3) is 11.8 Å². The Morgan fingerprint density at radius 2 is 1.76 bits per heavy atom. The average molecular weight is 511 g/mol. The first-order valence-electron chi connectivity index (χ1n) is 13.1. The first-order chi connectivity index (χ1) is 18.5. The Bertz CT molecular complexity index is 1410. The molecule has 1 unspecified atom stereocenters. The Morgan fingerprint density at radius 1 is 0.974 bits per heavy atom. The number of rotatable bonds is 6. The number of nitrogens with one attached hydrogen (secondary N) is 2. The Hall–Kier alpha value is -4.40. The molecule has 2 aromatic carbocycles. The van der Waals surface area contributed by atoms with Crippen molar-refractivity contribution in [1.29, 1.82) is 0 Å². The zero-order valence-corrected chi connectivity index (χ0v) is 21.1. The molecule has 4 heterocycles. The first-order valence-corrected chi connectivity index (χ1v) is 13.1. The molecule has 0 bridgehead atoms. The number of amides is 3. The molecule has 0 saturated carbocycles. The van der Waals surface area contributed by atoms with E-state index < -0.39 is 17.9 Å². The van der Waals surface area contributed by atoms with E-state index >= 15 is 0 Å². The second-order valence-electron chi connectivity index (χ2n) is 10.1. The third-order valence-corrected chi connectivity index (χ3v) is 7.68. The summed E-state index contributed by atoms with van der Waals surface area (Å²) in [6, 6.07) is 15.2. The van der Waals surface area contributed by atoms with E-state index in [1.807, 2.05) is 16.9 Å². The van der Waals surface area contributed by atoms with Gasteiger partial charge in [-0.15, -0.1) is 0 Å². The number of imide groups is 1. The molecule has 3 amide bonds. The van der Waals surface area contributed by atoms with Crippen LogP contribution in [0.3, 0.4) is 0 Å². The van der Waals surface area contributed by atoms with Gasteiger partial charge in [0.05, 0.1) is 23.4 Å². The molecule has 38 heavy (non-hydrogen) atoms. The maximum atomic E-state index is 13.3. The predicted octanol–water partition coefficient (Wildman–Crippen LogP) is 3.73. The van der Waals surface area contributed by atoms with Crippen molar-refractivity contribution in [2.45, 2.75) is 44.3 Å². The average Bonchev–Trinajstić information content (AvgIpc) is 3.51. The Morgan fingerprint density at radius 3 is 2.53 bits per heavy atom. The predicted molar refractivity (Wildman–Crippen MR) is 144 cm³/mol. The molecule has 1 atom stereocenters. The number of nitrogens with zero attached hydrogens (tertiary/aromatic N) is 4. The third kappa shape index (κ3) is 4.34. The monoisotopic (exact) mass is 510 g/mol. The van der Waals surface area contributed by atoms with Crippen LogP contribution in [0.5, 0.6) is 0 Å². The van der Waals surface area contributed by atoms with Crippen LogP contribution >= 0.6 is 0 Å². The number of para-hydroxylation sites is 1. The highest BCUT2D eigenvalue weighted by Crippen LogP contribution is 2.33. The van der Waals surface area contributed by atoms with Gasteiger partial charge in [0.1, 0.15) is 6.04 Å². The van der Waals surface area contributed by atoms with Gasteiger partial charge >= 0.3 is 0 Å². The van der Waals surface area contributed by atoms with Gasteiger partial charge < -0.3 is 15.5 Å². The van der Waals surface area contributed by atoms with E-state index in [0.29, 0.717) is 47.9 Å². The molecule has 3 aliphatic rings. The van der Waals surface area contributed by atoms with Crippen molar-refractivity contribution in [3.05, 3.63) is 89.9 Å². The SMILES string of the molecule is C=C1CCC(N2C(=O)c3cccc(NCc4cnn(C5CCN(c6ccccc6)CC5)c4)c3C2=O)C(=O)N1. The molecule has 3 aromatic rings. The Labute approximate surface area is 221 Å². The lowest BCUT2D eigenvalue weighted by Crippen LogP contribution is -2.51. The highest BCUT2D eigenvalue weighted by molar-refractivity contribution is 6.25. The number of benzene rings is 2. The molecule has 0 radical (unpaired) electrons. The van der Waals surface area contributed by atoms with Crippen molar-refractivity contribution < 1.29 is 14.4 Å². The lowest BCUT2D eigenvalue weighted by atomic mass is 10.0. The van der Waals surface area contributed by atoms with Crippen LogP contribution < -0.4 is 15.5 Å². The summed E-state index contributed by atoms with van der Waals surface area (Å²) in [5.74, 6) is -1.25. The highest BCUT2D eigenvalue weighted by atomic mass is 16.2. The summed E-state index contributed by atoms with van der Waals surface area (Å²) in [7, 11) is 0. The number of hydrogen-bond donors (Lipinski definition) is 2. The quantitative estimate of drug-likeness (QED) is 0.491. The van der Waals surface area contributed by atoms with E-state index in [1.54, 1.807) is 18.2 Å². The van der Waals surface area contributed by atoms with Gasteiger partial charge in [-0.25, -0.2) is 0 Å². The summed E-state index contributed by atoms with van der Waals surface area (Å²) in [5, 5.41) is 10.6. The molecule has 2 saturated heterocycles. The van der Waals surface area contributed by atoms with Crippen LogP contribution in [0.1, 0.15) is 58.0 Å². The number of hydrogen-bond acceptors (Lipinski definition) is 6. The fourth-order valence-corrected chi connectivity index (χ4v) is 5.64. The topological polar surface area (TPSA) is 99.6 Å². The molecule has 6 rings (SSSR count). The zero-order valence-electron chi connectivity index (χ0n) is 21.1. The summed E-state index contributed by atoms with van der Waals surface area (Å²) < 4.78 is 2.04. The van der Waals surface area contributed by atoms with E-state index in [0.717, 1.165) is 36.4 Å². The minimum Gasteiger partial charge on any atom is -0.380 e. The van der Waals surface area contributed by atoms with Crippen LogP contribution in [0.25, 0.3) is 0 Å². The number of anilines is 2. The Kier molecular flexibility index (Phi) is 6.19. The van der Waals surface area contributed by atoms with Crippen LogP contribution in [0, 0.1) is 0 Å². The van der Waals surface area contributed by atoms with Crippen molar-refractivity contribution in [1.82, 2.24) is 20.0 Å². The second kappa shape index (κ2) is 9.81. The molecule has 9 heteroatoms. The Balaban J connectivity index is 1.11. The zero-order chi connectivity index (χ0) is 26.2. The molecule has 0 aliphatic carbocycles. The molecule has 9 nitrogen and oxygen atoms in total. The summed E-state index contributed by atoms with van der Waals surface area (Å²) in [6.45, 7) is 6.21. The molecule has 0 spiro atoms. The lowest BCUT2D eigenvalue weighted by molar-refractivity contribution is -0.125. The van der Waals surface area contributed by atoms with E-state index in [2.05, 4.69) is 57.7 Å². The molecule has 1 aromatic heterocycles. The fourth-order valence-electron chi connectivity index (χ4n) is 5.64. The van der Waals surface area contributed by atoms with Crippen LogP contribution in [-0.4, -0.2) is 51.5 Å².